The van der Waals surface area contributed by atoms with Crippen LogP contribution in [0.4, 0.5) is 0 Å². The van der Waals surface area contributed by atoms with E-state index in [1.54, 1.807) is 0 Å². The topological polar surface area (TPSA) is 43.1 Å². The summed E-state index contributed by atoms with van der Waals surface area (Å²) in [7, 11) is 0. The first-order chi connectivity index (χ1) is 7.24. The van der Waals surface area contributed by atoms with Gasteiger partial charge in [-0.25, -0.2) is 0 Å². The fraction of sp³-hybridized carbons (Fsp3) is 0.769. The SMILES string of the molecule is CCCCCCCC(=O)C1C=CC(N)C1. The second-order valence-corrected chi connectivity index (χ2v) is 4.52. The molecule has 1 rings (SSSR count). The Morgan fingerprint density at radius 2 is 2.00 bits per heavy atom. The Kier molecular flexibility index (Phi) is 5.62. The molecule has 1 aliphatic carbocycles. The van der Waals surface area contributed by atoms with Crippen LogP contribution in [0.2, 0.25) is 0 Å². The van der Waals surface area contributed by atoms with E-state index in [4.69, 9.17) is 5.73 Å². The lowest BCUT2D eigenvalue weighted by Gasteiger charge is -2.07. The summed E-state index contributed by atoms with van der Waals surface area (Å²) in [6, 6.07) is 0.110. The van der Waals surface area contributed by atoms with Gasteiger partial charge in [0.15, 0.2) is 0 Å². The van der Waals surface area contributed by atoms with Crippen molar-refractivity contribution in [1.29, 1.82) is 0 Å². The van der Waals surface area contributed by atoms with Crippen LogP contribution in [0.3, 0.4) is 0 Å². The van der Waals surface area contributed by atoms with Crippen molar-refractivity contribution in [3.8, 4) is 0 Å². The summed E-state index contributed by atoms with van der Waals surface area (Å²) in [5.74, 6) is 0.502. The third kappa shape index (κ3) is 4.61. The van der Waals surface area contributed by atoms with Crippen LogP contribution in [-0.2, 0) is 4.79 Å². The van der Waals surface area contributed by atoms with Crippen LogP contribution in [0.5, 0.6) is 0 Å². The Bertz CT molecular complexity index is 223. The molecule has 0 spiro atoms. The van der Waals surface area contributed by atoms with Gasteiger partial charge in [-0.15, -0.1) is 0 Å². The molecule has 2 nitrogen and oxygen atoms in total. The van der Waals surface area contributed by atoms with Gasteiger partial charge in [0.1, 0.15) is 5.78 Å². The van der Waals surface area contributed by atoms with E-state index in [1.807, 2.05) is 12.2 Å². The summed E-state index contributed by atoms with van der Waals surface area (Å²) in [6.07, 6.45) is 11.6. The molecule has 0 heterocycles. The molecule has 2 unspecified atom stereocenters. The number of carbonyl (C=O) groups excluding carboxylic acids is 1. The van der Waals surface area contributed by atoms with Crippen LogP contribution in [-0.4, -0.2) is 11.8 Å². The van der Waals surface area contributed by atoms with E-state index in [2.05, 4.69) is 6.92 Å². The van der Waals surface area contributed by atoms with Crippen LogP contribution >= 0.6 is 0 Å². The zero-order valence-corrected chi connectivity index (χ0v) is 9.74. The fourth-order valence-corrected chi connectivity index (χ4v) is 2.05. The Hall–Kier alpha value is -0.630. The molecule has 0 saturated heterocycles. The summed E-state index contributed by atoms with van der Waals surface area (Å²) in [5, 5.41) is 0. The zero-order chi connectivity index (χ0) is 11.1. The van der Waals surface area contributed by atoms with Crippen molar-refractivity contribution in [3.05, 3.63) is 12.2 Å². The highest BCUT2D eigenvalue weighted by Gasteiger charge is 2.21. The quantitative estimate of drug-likeness (QED) is 0.517. The standard InChI is InChI=1S/C13H23NO/c1-2-3-4-5-6-7-13(15)11-8-9-12(14)10-11/h8-9,11-12H,2-7,10,14H2,1H3. The summed E-state index contributed by atoms with van der Waals surface area (Å²) in [6.45, 7) is 2.20. The third-order valence-corrected chi connectivity index (χ3v) is 3.06. The minimum atomic E-state index is 0.110. The molecule has 2 heteroatoms. The van der Waals surface area contributed by atoms with Crippen molar-refractivity contribution in [1.82, 2.24) is 0 Å². The van der Waals surface area contributed by atoms with Crippen molar-refractivity contribution in [2.24, 2.45) is 11.7 Å². The van der Waals surface area contributed by atoms with Crippen LogP contribution in [0.1, 0.15) is 51.9 Å². The van der Waals surface area contributed by atoms with Crippen molar-refractivity contribution in [2.45, 2.75) is 57.9 Å². The highest BCUT2D eigenvalue weighted by atomic mass is 16.1. The van der Waals surface area contributed by atoms with Crippen molar-refractivity contribution < 1.29 is 4.79 Å². The first kappa shape index (κ1) is 12.4. The molecule has 1 aliphatic rings. The molecule has 86 valence electrons. The van der Waals surface area contributed by atoms with Crippen LogP contribution < -0.4 is 5.73 Å². The van der Waals surface area contributed by atoms with Gasteiger partial charge >= 0.3 is 0 Å². The molecule has 0 aromatic rings. The van der Waals surface area contributed by atoms with E-state index < -0.39 is 0 Å². The number of hydrogen-bond donors (Lipinski definition) is 1. The van der Waals surface area contributed by atoms with Gasteiger partial charge in [-0.1, -0.05) is 44.8 Å². The first-order valence-corrected chi connectivity index (χ1v) is 6.20. The average molecular weight is 209 g/mol. The summed E-state index contributed by atoms with van der Waals surface area (Å²) in [4.78, 5) is 11.7. The lowest BCUT2D eigenvalue weighted by atomic mass is 9.97. The van der Waals surface area contributed by atoms with Crippen molar-refractivity contribution >= 4 is 5.78 Å². The van der Waals surface area contributed by atoms with Gasteiger partial charge in [-0.2, -0.15) is 0 Å². The number of unbranched alkanes of at least 4 members (excludes halogenated alkanes) is 4. The highest BCUT2D eigenvalue weighted by Crippen LogP contribution is 2.20. The molecule has 0 saturated carbocycles. The Labute approximate surface area is 92.9 Å². The van der Waals surface area contributed by atoms with Crippen molar-refractivity contribution in [3.63, 3.8) is 0 Å². The maximum absolute atomic E-state index is 11.7. The van der Waals surface area contributed by atoms with Gasteiger partial charge in [0.2, 0.25) is 0 Å². The summed E-state index contributed by atoms with van der Waals surface area (Å²) < 4.78 is 0. The van der Waals surface area contributed by atoms with Crippen molar-refractivity contribution in [2.75, 3.05) is 0 Å². The lowest BCUT2D eigenvalue weighted by molar-refractivity contribution is -0.121. The van der Waals surface area contributed by atoms with E-state index in [9.17, 15) is 4.79 Å². The highest BCUT2D eigenvalue weighted by molar-refractivity contribution is 5.83. The maximum Gasteiger partial charge on any atom is 0.139 e. The summed E-state index contributed by atoms with van der Waals surface area (Å²) in [5.41, 5.74) is 5.72. The molecule has 0 aliphatic heterocycles. The van der Waals surface area contributed by atoms with Gasteiger partial charge in [0, 0.05) is 18.4 Å². The van der Waals surface area contributed by atoms with Crippen LogP contribution in [0.15, 0.2) is 12.2 Å². The molecular weight excluding hydrogens is 186 g/mol. The number of nitrogens with two attached hydrogens (primary N) is 1. The fourth-order valence-electron chi connectivity index (χ4n) is 2.05. The third-order valence-electron chi connectivity index (χ3n) is 3.06. The second kappa shape index (κ2) is 6.78. The second-order valence-electron chi connectivity index (χ2n) is 4.52. The molecule has 2 atom stereocenters. The molecular formula is C13H23NO. The molecule has 0 radical (unpaired) electrons. The molecule has 15 heavy (non-hydrogen) atoms. The molecule has 0 fully saturated rings. The molecule has 0 bridgehead atoms. The van der Waals surface area contributed by atoms with Crippen LogP contribution in [0, 0.1) is 5.92 Å². The van der Waals surface area contributed by atoms with Gasteiger partial charge < -0.3 is 5.73 Å². The first-order valence-electron chi connectivity index (χ1n) is 6.20. The van der Waals surface area contributed by atoms with E-state index in [-0.39, 0.29) is 12.0 Å². The number of rotatable bonds is 7. The Morgan fingerprint density at radius 3 is 2.60 bits per heavy atom. The number of ketones is 1. The van der Waals surface area contributed by atoms with Gasteiger partial charge in [0.05, 0.1) is 0 Å². The normalized spacial score (nSPS) is 24.7. The smallest absolute Gasteiger partial charge is 0.139 e. The van der Waals surface area contributed by atoms with E-state index in [1.165, 1.54) is 25.7 Å². The predicted octanol–water partition coefficient (Wildman–Crippen LogP) is 2.82. The number of hydrogen-bond acceptors (Lipinski definition) is 2. The monoisotopic (exact) mass is 209 g/mol. The summed E-state index contributed by atoms with van der Waals surface area (Å²) >= 11 is 0. The number of allylic oxidation sites excluding steroid dienone is 1. The maximum atomic E-state index is 11.7. The van der Waals surface area contributed by atoms with Crippen LogP contribution in [0.25, 0.3) is 0 Å². The number of carbonyl (C=O) groups is 1. The molecule has 0 aromatic heterocycles. The molecule has 0 amide bonds. The van der Waals surface area contributed by atoms with Gasteiger partial charge in [-0.05, 0) is 12.8 Å². The largest absolute Gasteiger partial charge is 0.324 e. The lowest BCUT2D eigenvalue weighted by Crippen LogP contribution is -2.18. The van der Waals surface area contributed by atoms with Gasteiger partial charge in [0.25, 0.3) is 0 Å². The Morgan fingerprint density at radius 1 is 1.27 bits per heavy atom. The molecule has 2 N–H and O–H groups in total. The number of Topliss-reactive ketones (excluding diaryl/α,β-unsaturated/α-hetero) is 1. The van der Waals surface area contributed by atoms with E-state index >= 15 is 0 Å². The van der Waals surface area contributed by atoms with E-state index in [0.717, 1.165) is 19.3 Å². The minimum absolute atomic E-state index is 0.110. The minimum Gasteiger partial charge on any atom is -0.324 e. The van der Waals surface area contributed by atoms with E-state index in [0.29, 0.717) is 5.78 Å². The average Bonchev–Trinajstić information content (AvgIpc) is 2.64. The Balaban J connectivity index is 2.06. The predicted molar refractivity (Wildman–Crippen MR) is 63.6 cm³/mol. The zero-order valence-electron chi connectivity index (χ0n) is 9.74. The van der Waals surface area contributed by atoms with Gasteiger partial charge in [-0.3, -0.25) is 4.79 Å². The molecule has 0 aromatic carbocycles.